The maximum Gasteiger partial charge on any atom is 0.338 e. The van der Waals surface area contributed by atoms with Gasteiger partial charge in [-0.1, -0.05) is 18.2 Å². The second-order valence-corrected chi connectivity index (χ2v) is 7.29. The summed E-state index contributed by atoms with van der Waals surface area (Å²) in [5.74, 6) is -0.533. The maximum atomic E-state index is 12.8. The SMILES string of the molecule is CCOC(=O)C1=C(COC(=O)c2ccc(C)c(C)c2)NC(=O)NC1c1ccc(OC)cc1. The van der Waals surface area contributed by atoms with Crippen LogP contribution in [0, 0.1) is 13.8 Å². The van der Waals surface area contributed by atoms with E-state index in [9.17, 15) is 14.4 Å². The topological polar surface area (TPSA) is 103 Å². The molecule has 1 aliphatic heterocycles. The van der Waals surface area contributed by atoms with Crippen LogP contribution in [0.2, 0.25) is 0 Å². The molecule has 8 nitrogen and oxygen atoms in total. The van der Waals surface area contributed by atoms with Crippen LogP contribution in [0.25, 0.3) is 0 Å². The van der Waals surface area contributed by atoms with Crippen LogP contribution in [0.3, 0.4) is 0 Å². The highest BCUT2D eigenvalue weighted by Gasteiger charge is 2.34. The number of urea groups is 1. The van der Waals surface area contributed by atoms with Gasteiger partial charge in [0.2, 0.25) is 0 Å². The molecule has 3 rings (SSSR count). The number of carbonyl (C=O) groups is 3. The lowest BCUT2D eigenvalue weighted by molar-refractivity contribution is -0.139. The van der Waals surface area contributed by atoms with Gasteiger partial charge in [-0.2, -0.15) is 0 Å². The maximum absolute atomic E-state index is 12.8. The largest absolute Gasteiger partial charge is 0.497 e. The van der Waals surface area contributed by atoms with E-state index in [1.807, 2.05) is 19.9 Å². The lowest BCUT2D eigenvalue weighted by atomic mass is 9.95. The van der Waals surface area contributed by atoms with Crippen molar-refractivity contribution in [2.24, 2.45) is 0 Å². The molecule has 1 aliphatic rings. The molecule has 0 aliphatic carbocycles. The van der Waals surface area contributed by atoms with Gasteiger partial charge in [-0.15, -0.1) is 0 Å². The Kier molecular flexibility index (Phi) is 7.14. The summed E-state index contributed by atoms with van der Waals surface area (Å²) in [5, 5.41) is 5.31. The number of rotatable bonds is 7. The van der Waals surface area contributed by atoms with Gasteiger partial charge in [0.05, 0.1) is 36.6 Å². The Hall–Kier alpha value is -3.81. The minimum Gasteiger partial charge on any atom is -0.497 e. The van der Waals surface area contributed by atoms with Crippen LogP contribution in [0.15, 0.2) is 53.7 Å². The fraction of sp³-hybridized carbons (Fsp3) is 0.292. The summed E-state index contributed by atoms with van der Waals surface area (Å²) >= 11 is 0. The summed E-state index contributed by atoms with van der Waals surface area (Å²) in [5.41, 5.74) is 3.40. The van der Waals surface area contributed by atoms with Crippen molar-refractivity contribution in [1.29, 1.82) is 0 Å². The van der Waals surface area contributed by atoms with Gasteiger partial charge in [0.15, 0.2) is 0 Å². The van der Waals surface area contributed by atoms with E-state index in [1.54, 1.807) is 50.4 Å². The van der Waals surface area contributed by atoms with Crippen molar-refractivity contribution in [2.45, 2.75) is 26.8 Å². The Balaban J connectivity index is 1.91. The minimum atomic E-state index is -0.774. The second kappa shape index (κ2) is 10.00. The van der Waals surface area contributed by atoms with Crippen LogP contribution in [0.4, 0.5) is 4.79 Å². The first kappa shape index (κ1) is 22.9. The van der Waals surface area contributed by atoms with Gasteiger partial charge in [0, 0.05) is 0 Å². The van der Waals surface area contributed by atoms with E-state index < -0.39 is 24.0 Å². The molecule has 32 heavy (non-hydrogen) atoms. The predicted octanol–water partition coefficient (Wildman–Crippen LogP) is 3.34. The van der Waals surface area contributed by atoms with E-state index in [0.717, 1.165) is 11.1 Å². The first-order chi connectivity index (χ1) is 15.3. The van der Waals surface area contributed by atoms with Gasteiger partial charge >= 0.3 is 18.0 Å². The van der Waals surface area contributed by atoms with Gasteiger partial charge in [-0.3, -0.25) is 0 Å². The fourth-order valence-corrected chi connectivity index (χ4v) is 3.32. The minimum absolute atomic E-state index is 0.154. The molecule has 0 radical (unpaired) electrons. The van der Waals surface area contributed by atoms with Crippen LogP contribution >= 0.6 is 0 Å². The smallest absolute Gasteiger partial charge is 0.338 e. The molecule has 2 aromatic carbocycles. The molecular weight excluding hydrogens is 412 g/mol. The fourth-order valence-electron chi connectivity index (χ4n) is 3.32. The predicted molar refractivity (Wildman–Crippen MR) is 117 cm³/mol. The average molecular weight is 438 g/mol. The molecule has 8 heteroatoms. The Morgan fingerprint density at radius 3 is 2.31 bits per heavy atom. The highest BCUT2D eigenvalue weighted by molar-refractivity contribution is 5.95. The molecule has 1 heterocycles. The molecule has 0 bridgehead atoms. The van der Waals surface area contributed by atoms with Gasteiger partial charge in [0.25, 0.3) is 0 Å². The van der Waals surface area contributed by atoms with Crippen molar-refractivity contribution in [3.8, 4) is 5.75 Å². The first-order valence-corrected chi connectivity index (χ1v) is 10.2. The average Bonchev–Trinajstić information content (AvgIpc) is 2.79. The van der Waals surface area contributed by atoms with Crippen LogP contribution in [-0.2, 0) is 14.3 Å². The number of benzene rings is 2. The molecule has 0 saturated carbocycles. The number of amides is 2. The zero-order valence-electron chi connectivity index (χ0n) is 18.5. The molecule has 2 N–H and O–H groups in total. The molecule has 0 saturated heterocycles. The highest BCUT2D eigenvalue weighted by atomic mass is 16.5. The van der Waals surface area contributed by atoms with Gasteiger partial charge in [0.1, 0.15) is 12.4 Å². The third-order valence-corrected chi connectivity index (χ3v) is 5.19. The van der Waals surface area contributed by atoms with Crippen LogP contribution in [0.5, 0.6) is 5.75 Å². The van der Waals surface area contributed by atoms with Crippen LogP contribution in [0.1, 0.15) is 40.0 Å². The summed E-state index contributed by atoms with van der Waals surface area (Å²) < 4.78 is 15.8. The number of carbonyl (C=O) groups excluding carboxylic acids is 3. The lowest BCUT2D eigenvalue weighted by Gasteiger charge is -2.29. The van der Waals surface area contributed by atoms with Gasteiger partial charge in [-0.05, 0) is 61.7 Å². The Bertz CT molecular complexity index is 1060. The number of aryl methyl sites for hydroxylation is 2. The molecule has 2 amide bonds. The normalized spacial score (nSPS) is 15.5. The van der Waals surface area contributed by atoms with Crippen molar-refractivity contribution >= 4 is 18.0 Å². The van der Waals surface area contributed by atoms with Gasteiger partial charge < -0.3 is 24.8 Å². The quantitative estimate of drug-likeness (QED) is 0.643. The first-order valence-electron chi connectivity index (χ1n) is 10.2. The number of methoxy groups -OCH3 is 1. The van der Waals surface area contributed by atoms with E-state index in [-0.39, 0.29) is 24.5 Å². The monoisotopic (exact) mass is 438 g/mol. The lowest BCUT2D eigenvalue weighted by Crippen LogP contribution is -2.47. The third-order valence-electron chi connectivity index (χ3n) is 5.19. The summed E-state index contributed by atoms with van der Waals surface area (Å²) in [4.78, 5) is 37.7. The second-order valence-electron chi connectivity index (χ2n) is 7.29. The Morgan fingerprint density at radius 2 is 1.69 bits per heavy atom. The molecule has 1 atom stereocenters. The van der Waals surface area contributed by atoms with Crippen molar-refractivity contribution in [1.82, 2.24) is 10.6 Å². The number of hydrogen-bond donors (Lipinski definition) is 2. The zero-order valence-corrected chi connectivity index (χ0v) is 18.5. The zero-order chi connectivity index (χ0) is 23.3. The highest BCUT2D eigenvalue weighted by Crippen LogP contribution is 2.29. The van der Waals surface area contributed by atoms with E-state index in [1.165, 1.54) is 0 Å². The Morgan fingerprint density at radius 1 is 0.969 bits per heavy atom. The van der Waals surface area contributed by atoms with Crippen molar-refractivity contribution in [2.75, 3.05) is 20.3 Å². The van der Waals surface area contributed by atoms with Crippen molar-refractivity contribution < 1.29 is 28.6 Å². The van der Waals surface area contributed by atoms with E-state index in [0.29, 0.717) is 16.9 Å². The van der Waals surface area contributed by atoms with Gasteiger partial charge in [-0.25, -0.2) is 14.4 Å². The van der Waals surface area contributed by atoms with E-state index in [4.69, 9.17) is 14.2 Å². The van der Waals surface area contributed by atoms with E-state index >= 15 is 0 Å². The molecule has 0 spiro atoms. The summed E-state index contributed by atoms with van der Waals surface area (Å²) in [6.45, 7) is 5.40. The van der Waals surface area contributed by atoms with Crippen LogP contribution in [-0.4, -0.2) is 38.3 Å². The molecule has 0 aromatic heterocycles. The number of esters is 2. The molecule has 2 aromatic rings. The summed E-state index contributed by atoms with van der Waals surface area (Å²) in [6.07, 6.45) is 0. The number of nitrogens with one attached hydrogen (secondary N) is 2. The standard InChI is InChI=1S/C24H26N2O6/c1-5-31-23(28)20-19(13-32-22(27)17-7-6-14(2)15(3)12-17)25-24(29)26-21(20)16-8-10-18(30-4)11-9-16/h6-12,21H,5,13H2,1-4H3,(H2,25,26,29). The summed E-state index contributed by atoms with van der Waals surface area (Å²) in [6, 6.07) is 10.9. The summed E-state index contributed by atoms with van der Waals surface area (Å²) in [7, 11) is 1.55. The number of ether oxygens (including phenoxy) is 3. The Labute approximate surface area is 186 Å². The molecule has 1 unspecified atom stereocenters. The van der Waals surface area contributed by atoms with Crippen LogP contribution < -0.4 is 15.4 Å². The third kappa shape index (κ3) is 5.08. The van der Waals surface area contributed by atoms with Crippen molar-refractivity contribution in [3.63, 3.8) is 0 Å². The number of hydrogen-bond acceptors (Lipinski definition) is 6. The molecule has 168 valence electrons. The van der Waals surface area contributed by atoms with E-state index in [2.05, 4.69) is 10.6 Å². The van der Waals surface area contributed by atoms with Crippen molar-refractivity contribution in [3.05, 3.63) is 76.0 Å². The molecule has 0 fully saturated rings. The molecular formula is C24H26N2O6.